The fourth-order valence-electron chi connectivity index (χ4n) is 1.85. The highest BCUT2D eigenvalue weighted by molar-refractivity contribution is 5.49. The molecule has 0 aliphatic carbocycles. The number of hydroxylamine groups is 2. The lowest BCUT2D eigenvalue weighted by Crippen LogP contribution is -2.42. The molecule has 0 radical (unpaired) electrons. The summed E-state index contributed by atoms with van der Waals surface area (Å²) in [5, 5.41) is 1.28. The van der Waals surface area contributed by atoms with Gasteiger partial charge >= 0.3 is 0 Å². The molecule has 0 aromatic carbocycles. The normalized spacial score (nSPS) is 20.9. The van der Waals surface area contributed by atoms with Crippen LogP contribution in [-0.4, -0.2) is 47.5 Å². The summed E-state index contributed by atoms with van der Waals surface area (Å²) in [5.41, 5.74) is -0.397. The number of carbonyl (C=O) groups excluding carboxylic acids is 2. The molecule has 92 valence electrons. The summed E-state index contributed by atoms with van der Waals surface area (Å²) < 4.78 is 0. The van der Waals surface area contributed by atoms with Crippen molar-refractivity contribution in [3.63, 3.8) is 0 Å². The second-order valence-corrected chi connectivity index (χ2v) is 5.05. The summed E-state index contributed by atoms with van der Waals surface area (Å²) in [4.78, 5) is 28.8. The molecule has 0 saturated carbocycles. The van der Waals surface area contributed by atoms with Crippen molar-refractivity contribution in [1.82, 2.24) is 9.96 Å². The molecule has 5 nitrogen and oxygen atoms in total. The van der Waals surface area contributed by atoms with E-state index in [1.807, 2.05) is 20.8 Å². The highest BCUT2D eigenvalue weighted by Crippen LogP contribution is 2.17. The molecular formula is C11H20N2O3. The Labute approximate surface area is 96.3 Å². The molecule has 0 aromatic rings. The van der Waals surface area contributed by atoms with Crippen LogP contribution in [-0.2, 0) is 14.4 Å². The molecule has 0 bridgehead atoms. The van der Waals surface area contributed by atoms with Crippen LogP contribution in [0.3, 0.4) is 0 Å². The van der Waals surface area contributed by atoms with Crippen molar-refractivity contribution in [3.05, 3.63) is 0 Å². The number of nitrogens with zero attached hydrogens (tertiary/aromatic N) is 2. The van der Waals surface area contributed by atoms with Gasteiger partial charge in [-0.05, 0) is 33.6 Å². The summed E-state index contributed by atoms with van der Waals surface area (Å²) in [6, 6.07) is 0.0880. The molecule has 0 spiro atoms. The second-order valence-electron chi connectivity index (χ2n) is 5.05. The molecule has 1 heterocycles. The van der Waals surface area contributed by atoms with Crippen molar-refractivity contribution in [2.24, 2.45) is 0 Å². The average molecular weight is 228 g/mol. The first-order valence-corrected chi connectivity index (χ1v) is 5.58. The van der Waals surface area contributed by atoms with Crippen molar-refractivity contribution in [3.8, 4) is 0 Å². The van der Waals surface area contributed by atoms with E-state index in [4.69, 9.17) is 4.84 Å². The molecule has 1 aliphatic heterocycles. The predicted octanol–water partition coefficient (Wildman–Crippen LogP) is 0.796. The Morgan fingerprint density at radius 3 is 2.62 bits per heavy atom. The first-order valence-electron chi connectivity index (χ1n) is 5.58. The molecule has 1 rings (SSSR count). The maximum absolute atomic E-state index is 10.9. The molecule has 5 heteroatoms. The van der Waals surface area contributed by atoms with Crippen LogP contribution in [0.2, 0.25) is 0 Å². The molecule has 1 saturated heterocycles. The van der Waals surface area contributed by atoms with Crippen LogP contribution in [0, 0.1) is 0 Å². The van der Waals surface area contributed by atoms with Gasteiger partial charge in [-0.25, -0.2) is 5.06 Å². The zero-order valence-electron chi connectivity index (χ0n) is 10.2. The minimum Gasteiger partial charge on any atom is -0.340 e. The zero-order chi connectivity index (χ0) is 12.2. The van der Waals surface area contributed by atoms with E-state index >= 15 is 0 Å². The van der Waals surface area contributed by atoms with Gasteiger partial charge in [0.05, 0.1) is 18.2 Å². The van der Waals surface area contributed by atoms with Gasteiger partial charge in [0.15, 0.2) is 0 Å². The van der Waals surface area contributed by atoms with Crippen LogP contribution >= 0.6 is 0 Å². The SMILES string of the molecule is CC(C)(C)ON(C=O)CC1CCCN1C=O. The Hall–Kier alpha value is -1.10. The lowest BCUT2D eigenvalue weighted by atomic mass is 10.2. The number of likely N-dealkylation sites (tertiary alicyclic amines) is 1. The summed E-state index contributed by atoms with van der Waals surface area (Å²) in [7, 11) is 0. The molecule has 16 heavy (non-hydrogen) atoms. The Bertz CT molecular complexity index is 250. The lowest BCUT2D eigenvalue weighted by molar-refractivity contribution is -0.219. The van der Waals surface area contributed by atoms with Gasteiger partial charge in [0.2, 0.25) is 12.8 Å². The highest BCUT2D eigenvalue weighted by atomic mass is 16.7. The van der Waals surface area contributed by atoms with Crippen LogP contribution in [0.15, 0.2) is 0 Å². The van der Waals surface area contributed by atoms with E-state index < -0.39 is 5.60 Å². The molecule has 1 fully saturated rings. The molecule has 1 atom stereocenters. The van der Waals surface area contributed by atoms with Gasteiger partial charge in [0.25, 0.3) is 0 Å². The first-order chi connectivity index (χ1) is 7.46. The first kappa shape index (κ1) is 13.0. The summed E-state index contributed by atoms with van der Waals surface area (Å²) >= 11 is 0. The maximum Gasteiger partial charge on any atom is 0.233 e. The standard InChI is InChI=1S/C11H20N2O3/c1-11(2,3)16-13(9-15)7-10-5-4-6-12(10)8-14/h8-10H,4-7H2,1-3H3. The van der Waals surface area contributed by atoms with Crippen LogP contribution in [0.5, 0.6) is 0 Å². The third kappa shape index (κ3) is 3.81. The van der Waals surface area contributed by atoms with Crippen molar-refractivity contribution >= 4 is 12.8 Å². The fourth-order valence-corrected chi connectivity index (χ4v) is 1.85. The molecule has 1 unspecified atom stereocenters. The zero-order valence-corrected chi connectivity index (χ0v) is 10.2. The van der Waals surface area contributed by atoms with Gasteiger partial charge in [-0.15, -0.1) is 0 Å². The minimum absolute atomic E-state index is 0.0880. The maximum atomic E-state index is 10.9. The van der Waals surface area contributed by atoms with Crippen LogP contribution in [0.4, 0.5) is 0 Å². The lowest BCUT2D eigenvalue weighted by Gasteiger charge is -2.30. The van der Waals surface area contributed by atoms with E-state index in [0.29, 0.717) is 13.0 Å². The molecule has 1 aliphatic rings. The largest absolute Gasteiger partial charge is 0.340 e. The smallest absolute Gasteiger partial charge is 0.233 e. The fraction of sp³-hybridized carbons (Fsp3) is 0.818. The number of hydrogen-bond acceptors (Lipinski definition) is 3. The van der Waals surface area contributed by atoms with Gasteiger partial charge in [0.1, 0.15) is 0 Å². The Morgan fingerprint density at radius 2 is 2.12 bits per heavy atom. The van der Waals surface area contributed by atoms with E-state index in [1.54, 1.807) is 4.90 Å². The summed E-state index contributed by atoms with van der Waals surface area (Å²) in [6.07, 6.45) is 3.44. The summed E-state index contributed by atoms with van der Waals surface area (Å²) in [6.45, 7) is 6.87. The number of carbonyl (C=O) groups is 2. The molecule has 0 aromatic heterocycles. The van der Waals surface area contributed by atoms with Gasteiger partial charge < -0.3 is 4.90 Å². The average Bonchev–Trinajstić information content (AvgIpc) is 2.62. The molecular weight excluding hydrogens is 208 g/mol. The third-order valence-electron chi connectivity index (χ3n) is 2.46. The highest BCUT2D eigenvalue weighted by Gasteiger charge is 2.26. The van der Waals surface area contributed by atoms with Gasteiger partial charge in [-0.1, -0.05) is 0 Å². The quantitative estimate of drug-likeness (QED) is 0.516. The van der Waals surface area contributed by atoms with Crippen LogP contribution < -0.4 is 0 Å². The van der Waals surface area contributed by atoms with E-state index in [0.717, 1.165) is 25.8 Å². The van der Waals surface area contributed by atoms with Gasteiger partial charge in [0, 0.05) is 6.54 Å². The predicted molar refractivity (Wildman–Crippen MR) is 59.4 cm³/mol. The number of rotatable bonds is 5. The Morgan fingerprint density at radius 1 is 1.44 bits per heavy atom. The van der Waals surface area contributed by atoms with E-state index in [1.165, 1.54) is 5.06 Å². The van der Waals surface area contributed by atoms with Crippen LogP contribution in [0.25, 0.3) is 0 Å². The van der Waals surface area contributed by atoms with Crippen molar-refractivity contribution in [2.45, 2.75) is 45.3 Å². The molecule has 0 N–H and O–H groups in total. The van der Waals surface area contributed by atoms with Gasteiger partial charge in [-0.3, -0.25) is 14.4 Å². The van der Waals surface area contributed by atoms with E-state index in [2.05, 4.69) is 0 Å². The Kier molecular flexibility index (Phi) is 4.29. The van der Waals surface area contributed by atoms with Crippen molar-refractivity contribution < 1.29 is 14.4 Å². The second kappa shape index (κ2) is 5.30. The Balaban J connectivity index is 2.49. The molecule has 2 amide bonds. The monoisotopic (exact) mass is 228 g/mol. The van der Waals surface area contributed by atoms with E-state index in [-0.39, 0.29) is 6.04 Å². The van der Waals surface area contributed by atoms with E-state index in [9.17, 15) is 9.59 Å². The number of amides is 2. The van der Waals surface area contributed by atoms with Gasteiger partial charge in [-0.2, -0.15) is 0 Å². The minimum atomic E-state index is -0.397. The van der Waals surface area contributed by atoms with Crippen molar-refractivity contribution in [2.75, 3.05) is 13.1 Å². The van der Waals surface area contributed by atoms with Crippen LogP contribution in [0.1, 0.15) is 33.6 Å². The van der Waals surface area contributed by atoms with Crippen molar-refractivity contribution in [1.29, 1.82) is 0 Å². The third-order valence-corrected chi connectivity index (χ3v) is 2.46. The summed E-state index contributed by atoms with van der Waals surface area (Å²) in [5.74, 6) is 0. The topological polar surface area (TPSA) is 49.9 Å². The number of hydrogen-bond donors (Lipinski definition) is 0.